The largest absolute Gasteiger partial charge is 0.493 e. The lowest BCUT2D eigenvalue weighted by atomic mass is 10.1. The van der Waals surface area contributed by atoms with Gasteiger partial charge >= 0.3 is 6.18 Å². The number of hydrogen-bond acceptors (Lipinski definition) is 5. The summed E-state index contributed by atoms with van der Waals surface area (Å²) in [4.78, 5) is 17.1. The molecule has 0 saturated carbocycles. The number of halogens is 4. The molecule has 0 saturated heterocycles. The molecule has 10 heteroatoms. The first-order valence-electron chi connectivity index (χ1n) is 11.6. The third kappa shape index (κ3) is 5.39. The number of carbonyl (C=O) groups excluding carboxylic acids is 1. The summed E-state index contributed by atoms with van der Waals surface area (Å²) in [5.74, 6) is 1.46. The van der Waals surface area contributed by atoms with Crippen LogP contribution in [0.3, 0.4) is 0 Å². The van der Waals surface area contributed by atoms with E-state index >= 15 is 0 Å². The van der Waals surface area contributed by atoms with Crippen molar-refractivity contribution in [2.45, 2.75) is 6.18 Å². The van der Waals surface area contributed by atoms with Gasteiger partial charge in [0.1, 0.15) is 11.5 Å². The lowest BCUT2D eigenvalue weighted by molar-refractivity contribution is -0.137. The van der Waals surface area contributed by atoms with E-state index in [4.69, 9.17) is 25.8 Å². The predicted molar refractivity (Wildman–Crippen MR) is 143 cm³/mol. The number of pyridine rings is 1. The van der Waals surface area contributed by atoms with Crippen LogP contribution in [0.4, 0.5) is 18.9 Å². The molecule has 0 spiro atoms. The number of hydrogen-bond donors (Lipinski definition) is 1. The number of alkyl halides is 3. The highest BCUT2D eigenvalue weighted by molar-refractivity contribution is 6.31. The minimum Gasteiger partial charge on any atom is -0.493 e. The molecule has 198 valence electrons. The van der Waals surface area contributed by atoms with E-state index in [0.717, 1.165) is 28.3 Å². The Morgan fingerprint density at radius 1 is 0.846 bits per heavy atom. The molecule has 0 fully saturated rings. The van der Waals surface area contributed by atoms with E-state index in [0.29, 0.717) is 34.2 Å². The van der Waals surface area contributed by atoms with E-state index < -0.39 is 22.7 Å². The molecular weight excluding hydrogens is 533 g/mol. The monoisotopic (exact) mass is 552 g/mol. The Balaban J connectivity index is 1.42. The standard InChI is InChI=1S/C29H20ClF3N2O4/c1-37-26-14-21-24(15-27(26)38-2)34-10-9-25(21)39-20-7-4-16-3-6-19(11-18(16)12-20)35-28(36)17-5-8-23(30)22(13-17)29(31,32)33/h3-15H,1-2H3,(H,35,36). The molecule has 0 aliphatic heterocycles. The van der Waals surface area contributed by atoms with Crippen LogP contribution >= 0.6 is 11.6 Å². The van der Waals surface area contributed by atoms with E-state index in [1.807, 2.05) is 6.07 Å². The third-order valence-electron chi connectivity index (χ3n) is 6.04. The third-order valence-corrected chi connectivity index (χ3v) is 6.37. The van der Waals surface area contributed by atoms with Crippen molar-refractivity contribution in [1.82, 2.24) is 4.98 Å². The number of methoxy groups -OCH3 is 2. The second kappa shape index (κ2) is 10.3. The van der Waals surface area contributed by atoms with Crippen LogP contribution in [0.25, 0.3) is 21.7 Å². The van der Waals surface area contributed by atoms with Crippen molar-refractivity contribution >= 4 is 44.9 Å². The van der Waals surface area contributed by atoms with Crippen LogP contribution in [0.2, 0.25) is 5.02 Å². The Bertz CT molecular complexity index is 1720. The molecule has 5 rings (SSSR count). The van der Waals surface area contributed by atoms with Gasteiger partial charge in [-0.05, 0) is 65.4 Å². The van der Waals surface area contributed by atoms with Crippen molar-refractivity contribution < 1.29 is 32.2 Å². The molecule has 1 amide bonds. The van der Waals surface area contributed by atoms with Gasteiger partial charge in [0.2, 0.25) is 0 Å². The minimum absolute atomic E-state index is 0.166. The average molecular weight is 553 g/mol. The topological polar surface area (TPSA) is 69.7 Å². The van der Waals surface area contributed by atoms with Crippen molar-refractivity contribution in [3.05, 3.63) is 95.1 Å². The van der Waals surface area contributed by atoms with Crippen LogP contribution in [0.5, 0.6) is 23.0 Å². The molecule has 0 atom stereocenters. The summed E-state index contributed by atoms with van der Waals surface area (Å²) in [7, 11) is 3.09. The molecule has 0 aliphatic rings. The van der Waals surface area contributed by atoms with Crippen molar-refractivity contribution in [3.63, 3.8) is 0 Å². The van der Waals surface area contributed by atoms with Gasteiger partial charge in [0.25, 0.3) is 5.91 Å². The van der Waals surface area contributed by atoms with E-state index in [9.17, 15) is 18.0 Å². The van der Waals surface area contributed by atoms with E-state index in [1.54, 1.807) is 68.9 Å². The van der Waals surface area contributed by atoms with Gasteiger partial charge in [-0.1, -0.05) is 23.7 Å². The zero-order valence-corrected chi connectivity index (χ0v) is 21.4. The van der Waals surface area contributed by atoms with E-state index in [-0.39, 0.29) is 5.56 Å². The fraction of sp³-hybridized carbons (Fsp3) is 0.103. The van der Waals surface area contributed by atoms with Gasteiger partial charge in [-0.3, -0.25) is 9.78 Å². The first kappa shape index (κ1) is 26.1. The van der Waals surface area contributed by atoms with E-state index in [1.165, 1.54) is 6.07 Å². The molecule has 0 unspecified atom stereocenters. The highest BCUT2D eigenvalue weighted by Gasteiger charge is 2.33. The van der Waals surface area contributed by atoms with Crippen molar-refractivity contribution in [3.8, 4) is 23.0 Å². The first-order valence-corrected chi connectivity index (χ1v) is 11.9. The summed E-state index contributed by atoms with van der Waals surface area (Å²) in [6.07, 6.45) is -3.05. The second-order valence-electron chi connectivity index (χ2n) is 8.51. The van der Waals surface area contributed by atoms with Crippen molar-refractivity contribution in [2.24, 2.45) is 0 Å². The Morgan fingerprint density at radius 3 is 2.33 bits per heavy atom. The SMILES string of the molecule is COc1cc2nccc(Oc3ccc4ccc(NC(=O)c5ccc(Cl)c(C(F)(F)F)c5)cc4c3)c2cc1OC. The summed E-state index contributed by atoms with van der Waals surface area (Å²) in [6, 6.07) is 18.9. The summed E-state index contributed by atoms with van der Waals surface area (Å²) < 4.78 is 56.5. The number of carbonyl (C=O) groups is 1. The maximum atomic E-state index is 13.2. The molecule has 1 aromatic heterocycles. The molecule has 0 aliphatic carbocycles. The molecule has 0 radical (unpaired) electrons. The first-order chi connectivity index (χ1) is 18.7. The minimum atomic E-state index is -4.68. The lowest BCUT2D eigenvalue weighted by Crippen LogP contribution is -2.14. The Labute approximate surface area is 225 Å². The maximum absolute atomic E-state index is 13.2. The number of benzene rings is 4. The van der Waals surface area contributed by atoms with Crippen LogP contribution in [-0.4, -0.2) is 25.1 Å². The Kier molecular flexibility index (Phi) is 6.93. The Hall–Kier alpha value is -4.50. The van der Waals surface area contributed by atoms with Crippen LogP contribution in [0, 0.1) is 0 Å². The summed E-state index contributed by atoms with van der Waals surface area (Å²) in [5.41, 5.74) is -0.177. The van der Waals surface area contributed by atoms with Gasteiger partial charge in [0, 0.05) is 28.9 Å². The number of aromatic nitrogens is 1. The van der Waals surface area contributed by atoms with Gasteiger partial charge in [-0.25, -0.2) is 0 Å². The molecule has 6 nitrogen and oxygen atoms in total. The lowest BCUT2D eigenvalue weighted by Gasteiger charge is -2.13. The highest BCUT2D eigenvalue weighted by Crippen LogP contribution is 2.38. The number of anilines is 1. The van der Waals surface area contributed by atoms with Crippen LogP contribution < -0.4 is 19.5 Å². The van der Waals surface area contributed by atoms with Gasteiger partial charge < -0.3 is 19.5 Å². The smallest absolute Gasteiger partial charge is 0.417 e. The fourth-order valence-electron chi connectivity index (χ4n) is 4.12. The molecular formula is C29H20ClF3N2O4. The predicted octanol–water partition coefficient (Wildman–Crippen LogP) is 8.12. The van der Waals surface area contributed by atoms with Crippen LogP contribution in [-0.2, 0) is 6.18 Å². The molecule has 1 heterocycles. The number of nitrogens with one attached hydrogen (secondary N) is 1. The number of ether oxygens (including phenoxy) is 3. The van der Waals surface area contributed by atoms with Gasteiger partial charge in [-0.15, -0.1) is 0 Å². The normalized spacial score (nSPS) is 11.4. The van der Waals surface area contributed by atoms with Gasteiger partial charge in [0.05, 0.1) is 30.3 Å². The van der Waals surface area contributed by atoms with Gasteiger partial charge in [-0.2, -0.15) is 13.2 Å². The molecule has 5 aromatic rings. The molecule has 4 aromatic carbocycles. The molecule has 1 N–H and O–H groups in total. The molecule has 0 bridgehead atoms. The summed E-state index contributed by atoms with van der Waals surface area (Å²) >= 11 is 5.67. The van der Waals surface area contributed by atoms with Crippen LogP contribution in [0.1, 0.15) is 15.9 Å². The van der Waals surface area contributed by atoms with Crippen LogP contribution in [0.15, 0.2) is 79.0 Å². The van der Waals surface area contributed by atoms with Crippen molar-refractivity contribution in [1.29, 1.82) is 0 Å². The summed E-state index contributed by atoms with van der Waals surface area (Å²) in [5, 5.41) is 4.50. The van der Waals surface area contributed by atoms with Gasteiger partial charge in [0.15, 0.2) is 11.5 Å². The quantitative estimate of drug-likeness (QED) is 0.230. The maximum Gasteiger partial charge on any atom is 0.417 e. The number of rotatable bonds is 6. The van der Waals surface area contributed by atoms with Crippen molar-refractivity contribution in [2.75, 3.05) is 19.5 Å². The second-order valence-corrected chi connectivity index (χ2v) is 8.91. The molecule has 39 heavy (non-hydrogen) atoms. The summed E-state index contributed by atoms with van der Waals surface area (Å²) in [6.45, 7) is 0. The Morgan fingerprint density at radius 2 is 1.59 bits per heavy atom. The fourth-order valence-corrected chi connectivity index (χ4v) is 4.34. The zero-order chi connectivity index (χ0) is 27.7. The van der Waals surface area contributed by atoms with E-state index in [2.05, 4.69) is 10.3 Å². The average Bonchev–Trinajstić information content (AvgIpc) is 2.91. The highest BCUT2D eigenvalue weighted by atomic mass is 35.5. The zero-order valence-electron chi connectivity index (χ0n) is 20.6. The number of nitrogens with zero attached hydrogens (tertiary/aromatic N) is 1. The number of fused-ring (bicyclic) bond motifs is 2. The number of amides is 1.